The van der Waals surface area contributed by atoms with Crippen molar-refractivity contribution < 1.29 is 0 Å². The Morgan fingerprint density at radius 2 is 1.79 bits per heavy atom. The molecule has 0 fully saturated rings. The van der Waals surface area contributed by atoms with E-state index in [-0.39, 0.29) is 4.83 Å². The van der Waals surface area contributed by atoms with E-state index in [4.69, 9.17) is 4.98 Å². The molecule has 2 heterocycles. The van der Waals surface area contributed by atoms with Crippen LogP contribution in [0.4, 0.5) is 0 Å². The third-order valence-electron chi connectivity index (χ3n) is 3.08. The van der Waals surface area contributed by atoms with Gasteiger partial charge in [-0.15, -0.1) is 0 Å². The summed E-state index contributed by atoms with van der Waals surface area (Å²) in [7, 11) is 0. The van der Waals surface area contributed by atoms with Gasteiger partial charge >= 0.3 is 0 Å². The summed E-state index contributed by atoms with van der Waals surface area (Å²) in [6.45, 7) is 2.09. The molecule has 1 atom stereocenters. The van der Waals surface area contributed by atoms with Gasteiger partial charge in [0.1, 0.15) is 0 Å². The molecule has 0 amide bonds. The average Bonchev–Trinajstić information content (AvgIpc) is 2.46. The molecule has 1 aromatic carbocycles. The SMILES string of the molecule is C[C@@H](Br)c1nc2cccnc2cc1-c1ccccc1. The van der Waals surface area contributed by atoms with Gasteiger partial charge in [0.05, 0.1) is 21.6 Å². The van der Waals surface area contributed by atoms with Crippen molar-refractivity contribution in [1.29, 1.82) is 0 Å². The zero-order chi connectivity index (χ0) is 13.2. The highest BCUT2D eigenvalue weighted by Gasteiger charge is 2.13. The molecule has 0 radical (unpaired) electrons. The molecule has 2 nitrogen and oxygen atoms in total. The zero-order valence-electron chi connectivity index (χ0n) is 10.5. The first-order valence-electron chi connectivity index (χ1n) is 6.21. The van der Waals surface area contributed by atoms with Crippen molar-refractivity contribution in [3.8, 4) is 11.1 Å². The Balaban J connectivity index is 2.30. The lowest BCUT2D eigenvalue weighted by molar-refractivity contribution is 1.05. The van der Waals surface area contributed by atoms with E-state index in [9.17, 15) is 0 Å². The van der Waals surface area contributed by atoms with Gasteiger partial charge in [-0.3, -0.25) is 4.98 Å². The molecule has 3 aromatic rings. The molecule has 0 aliphatic heterocycles. The number of pyridine rings is 2. The first-order valence-corrected chi connectivity index (χ1v) is 7.12. The molecule has 0 aliphatic carbocycles. The molecular formula is C16H13BrN2. The molecule has 0 spiro atoms. The minimum atomic E-state index is 0.201. The van der Waals surface area contributed by atoms with Crippen molar-refractivity contribution in [2.24, 2.45) is 0 Å². The quantitative estimate of drug-likeness (QED) is 0.638. The van der Waals surface area contributed by atoms with Crippen molar-refractivity contribution in [2.75, 3.05) is 0 Å². The first-order chi connectivity index (χ1) is 9.25. The lowest BCUT2D eigenvalue weighted by Crippen LogP contribution is -1.96. The van der Waals surface area contributed by atoms with E-state index >= 15 is 0 Å². The van der Waals surface area contributed by atoms with Gasteiger partial charge in [0, 0.05) is 11.8 Å². The van der Waals surface area contributed by atoms with Crippen LogP contribution in [0.1, 0.15) is 17.4 Å². The predicted molar refractivity (Wildman–Crippen MR) is 82.3 cm³/mol. The number of hydrogen-bond donors (Lipinski definition) is 0. The van der Waals surface area contributed by atoms with Crippen LogP contribution in [0.3, 0.4) is 0 Å². The second-order valence-electron chi connectivity index (χ2n) is 4.44. The van der Waals surface area contributed by atoms with Crippen LogP contribution in [0.5, 0.6) is 0 Å². The van der Waals surface area contributed by atoms with Crippen LogP contribution in [0.2, 0.25) is 0 Å². The van der Waals surface area contributed by atoms with Gasteiger partial charge < -0.3 is 0 Å². The van der Waals surface area contributed by atoms with E-state index in [2.05, 4.69) is 46.0 Å². The van der Waals surface area contributed by atoms with E-state index in [1.165, 1.54) is 5.56 Å². The molecule has 3 rings (SSSR count). The first kappa shape index (κ1) is 12.3. The Hall–Kier alpha value is -1.74. The van der Waals surface area contributed by atoms with Crippen molar-refractivity contribution in [1.82, 2.24) is 9.97 Å². The summed E-state index contributed by atoms with van der Waals surface area (Å²) < 4.78 is 0. The number of aromatic nitrogens is 2. The number of benzene rings is 1. The summed E-state index contributed by atoms with van der Waals surface area (Å²) in [6, 6.07) is 16.3. The predicted octanol–water partition coefficient (Wildman–Crippen LogP) is 4.75. The summed E-state index contributed by atoms with van der Waals surface area (Å²) in [5.74, 6) is 0. The maximum atomic E-state index is 4.74. The Bertz CT molecular complexity index is 708. The van der Waals surface area contributed by atoms with Crippen molar-refractivity contribution in [3.63, 3.8) is 0 Å². The number of nitrogens with zero attached hydrogens (tertiary/aromatic N) is 2. The van der Waals surface area contributed by atoms with Gasteiger partial charge in [0.25, 0.3) is 0 Å². The third kappa shape index (κ3) is 2.38. The highest BCUT2D eigenvalue weighted by atomic mass is 79.9. The van der Waals surface area contributed by atoms with Crippen molar-refractivity contribution >= 4 is 27.0 Å². The fraction of sp³-hybridized carbons (Fsp3) is 0.125. The monoisotopic (exact) mass is 312 g/mol. The molecule has 19 heavy (non-hydrogen) atoms. The average molecular weight is 313 g/mol. The molecular weight excluding hydrogens is 300 g/mol. The molecule has 0 saturated heterocycles. The van der Waals surface area contributed by atoms with Crippen molar-refractivity contribution in [2.45, 2.75) is 11.8 Å². The Kier molecular flexibility index (Phi) is 3.30. The third-order valence-corrected chi connectivity index (χ3v) is 3.51. The minimum Gasteiger partial charge on any atom is -0.255 e. The van der Waals surface area contributed by atoms with Crippen LogP contribution < -0.4 is 0 Å². The standard InChI is InChI=1S/C16H13BrN2/c1-11(17)16-13(12-6-3-2-4-7-12)10-15-14(19-16)8-5-9-18-15/h2-11H,1H3/t11-/m1/s1. The minimum absolute atomic E-state index is 0.201. The Morgan fingerprint density at radius 3 is 2.53 bits per heavy atom. The van der Waals surface area contributed by atoms with Crippen LogP contribution in [0.25, 0.3) is 22.2 Å². The van der Waals surface area contributed by atoms with Crippen molar-refractivity contribution in [3.05, 3.63) is 60.4 Å². The summed E-state index contributed by atoms with van der Waals surface area (Å²) in [4.78, 5) is 9.33. The lowest BCUT2D eigenvalue weighted by atomic mass is 10.0. The number of halogens is 1. The van der Waals surface area contributed by atoms with Gasteiger partial charge in [-0.05, 0) is 30.7 Å². The number of alkyl halides is 1. The van der Waals surface area contributed by atoms with Crippen LogP contribution in [-0.2, 0) is 0 Å². The van der Waals surface area contributed by atoms with Gasteiger partial charge in [-0.2, -0.15) is 0 Å². The Labute approximate surface area is 120 Å². The topological polar surface area (TPSA) is 25.8 Å². The number of fused-ring (bicyclic) bond motifs is 1. The van der Waals surface area contributed by atoms with Crippen LogP contribution in [0.15, 0.2) is 54.7 Å². The highest BCUT2D eigenvalue weighted by molar-refractivity contribution is 9.09. The molecule has 3 heteroatoms. The second kappa shape index (κ2) is 5.10. The van der Waals surface area contributed by atoms with Crippen LogP contribution >= 0.6 is 15.9 Å². The molecule has 0 unspecified atom stereocenters. The molecule has 0 bridgehead atoms. The summed E-state index contributed by atoms with van der Waals surface area (Å²) >= 11 is 3.63. The van der Waals surface area contributed by atoms with E-state index < -0.39 is 0 Å². The zero-order valence-corrected chi connectivity index (χ0v) is 12.1. The van der Waals surface area contributed by atoms with Crippen LogP contribution in [0, 0.1) is 0 Å². The summed E-state index contributed by atoms with van der Waals surface area (Å²) in [5.41, 5.74) is 5.22. The number of rotatable bonds is 2. The van der Waals surface area contributed by atoms with Crippen LogP contribution in [-0.4, -0.2) is 9.97 Å². The Morgan fingerprint density at radius 1 is 1.00 bits per heavy atom. The van der Waals surface area contributed by atoms with Gasteiger partial charge in [-0.25, -0.2) is 4.98 Å². The summed E-state index contributed by atoms with van der Waals surface area (Å²) in [5, 5.41) is 0. The normalized spacial score (nSPS) is 12.5. The fourth-order valence-electron chi connectivity index (χ4n) is 2.17. The summed E-state index contributed by atoms with van der Waals surface area (Å²) in [6.07, 6.45) is 1.80. The van der Waals surface area contributed by atoms with E-state index in [1.807, 2.05) is 30.3 Å². The smallest absolute Gasteiger partial charge is 0.0893 e. The highest BCUT2D eigenvalue weighted by Crippen LogP contribution is 2.32. The molecule has 2 aromatic heterocycles. The van der Waals surface area contributed by atoms with Gasteiger partial charge in [0.2, 0.25) is 0 Å². The van der Waals surface area contributed by atoms with E-state index in [0.717, 1.165) is 22.3 Å². The molecule has 94 valence electrons. The van der Waals surface area contributed by atoms with Gasteiger partial charge in [-0.1, -0.05) is 46.3 Å². The largest absolute Gasteiger partial charge is 0.255 e. The van der Waals surface area contributed by atoms with Gasteiger partial charge in [0.15, 0.2) is 0 Å². The van der Waals surface area contributed by atoms with E-state index in [1.54, 1.807) is 6.20 Å². The lowest BCUT2D eigenvalue weighted by Gasteiger charge is -2.12. The fourth-order valence-corrected chi connectivity index (χ4v) is 2.52. The van der Waals surface area contributed by atoms with E-state index in [0.29, 0.717) is 0 Å². The second-order valence-corrected chi connectivity index (χ2v) is 5.82. The maximum absolute atomic E-state index is 4.74. The molecule has 0 aliphatic rings. The number of hydrogen-bond acceptors (Lipinski definition) is 2. The molecule has 0 saturated carbocycles. The maximum Gasteiger partial charge on any atom is 0.0893 e. The molecule has 0 N–H and O–H groups in total.